The molecule has 3 rings (SSSR count). The summed E-state index contributed by atoms with van der Waals surface area (Å²) in [4.78, 5) is 8.91. The van der Waals surface area contributed by atoms with Gasteiger partial charge in [0.1, 0.15) is 5.82 Å². The van der Waals surface area contributed by atoms with Gasteiger partial charge in [-0.15, -0.1) is 0 Å². The van der Waals surface area contributed by atoms with E-state index in [1.165, 1.54) is 43.4 Å². The number of aryl methyl sites for hydroxylation is 2. The topological polar surface area (TPSA) is 37.8 Å². The van der Waals surface area contributed by atoms with Crippen LogP contribution in [0.5, 0.6) is 0 Å². The van der Waals surface area contributed by atoms with E-state index in [0.29, 0.717) is 6.04 Å². The van der Waals surface area contributed by atoms with Gasteiger partial charge in [-0.25, -0.2) is 9.97 Å². The fraction of sp³-hybridized carbons (Fsp3) is 0.692. The molecular weight excluding hydrogens is 198 g/mol. The molecule has 2 aliphatic rings. The number of nitrogens with zero attached hydrogens (tertiary/aromatic N) is 2. The molecule has 0 aliphatic heterocycles. The number of hydrogen-bond donors (Lipinski definition) is 1. The van der Waals surface area contributed by atoms with Crippen molar-refractivity contribution in [3.63, 3.8) is 0 Å². The van der Waals surface area contributed by atoms with Crippen molar-refractivity contribution in [2.24, 2.45) is 0 Å². The van der Waals surface area contributed by atoms with Crippen LogP contribution >= 0.6 is 0 Å². The molecule has 0 aromatic carbocycles. The van der Waals surface area contributed by atoms with E-state index in [2.05, 4.69) is 15.3 Å². The van der Waals surface area contributed by atoms with Gasteiger partial charge in [-0.05, 0) is 39.0 Å². The first-order valence-corrected chi connectivity index (χ1v) is 6.41. The molecule has 1 N–H and O–H groups in total. The second-order valence-electron chi connectivity index (χ2n) is 5.06. The first kappa shape index (κ1) is 10.2. The first-order valence-electron chi connectivity index (χ1n) is 6.41. The molecule has 1 aromatic heterocycles. The zero-order valence-corrected chi connectivity index (χ0v) is 9.87. The fourth-order valence-corrected chi connectivity index (χ4v) is 2.68. The Balaban J connectivity index is 1.81. The average molecular weight is 217 g/mol. The van der Waals surface area contributed by atoms with Crippen molar-refractivity contribution in [1.29, 1.82) is 0 Å². The van der Waals surface area contributed by atoms with Crippen LogP contribution in [-0.2, 0) is 6.42 Å². The highest BCUT2D eigenvalue weighted by Gasteiger charge is 2.26. The van der Waals surface area contributed by atoms with Crippen LogP contribution in [0.2, 0.25) is 0 Å². The van der Waals surface area contributed by atoms with Crippen molar-refractivity contribution >= 4 is 0 Å². The van der Waals surface area contributed by atoms with Gasteiger partial charge in [0.15, 0.2) is 0 Å². The Bertz CT molecular complexity index is 385. The van der Waals surface area contributed by atoms with Crippen LogP contribution in [-0.4, -0.2) is 16.0 Å². The van der Waals surface area contributed by atoms with Gasteiger partial charge in [0, 0.05) is 29.5 Å². The Kier molecular flexibility index (Phi) is 2.64. The summed E-state index contributed by atoms with van der Waals surface area (Å²) < 4.78 is 0. The Morgan fingerprint density at radius 3 is 2.88 bits per heavy atom. The second-order valence-corrected chi connectivity index (χ2v) is 5.06. The monoisotopic (exact) mass is 217 g/mol. The third kappa shape index (κ3) is 1.84. The maximum atomic E-state index is 4.56. The lowest BCUT2D eigenvalue weighted by Gasteiger charge is -2.34. The molecule has 0 amide bonds. The molecule has 1 aromatic rings. The minimum atomic E-state index is 0.509. The zero-order valence-electron chi connectivity index (χ0n) is 9.87. The van der Waals surface area contributed by atoms with E-state index < -0.39 is 0 Å². The molecule has 3 nitrogen and oxygen atoms in total. The highest BCUT2D eigenvalue weighted by atomic mass is 15.0. The molecule has 1 unspecified atom stereocenters. The summed E-state index contributed by atoms with van der Waals surface area (Å²) in [5.41, 5.74) is 2.62. The number of fused-ring (bicyclic) bond motifs is 1. The van der Waals surface area contributed by atoms with E-state index in [1.54, 1.807) is 0 Å². The normalized spacial score (nSPS) is 24.9. The molecule has 16 heavy (non-hydrogen) atoms. The van der Waals surface area contributed by atoms with E-state index >= 15 is 0 Å². The highest BCUT2D eigenvalue weighted by molar-refractivity contribution is 5.24. The summed E-state index contributed by atoms with van der Waals surface area (Å²) in [6.07, 6.45) is 9.75. The average Bonchev–Trinajstić information content (AvgIpc) is 2.23. The van der Waals surface area contributed by atoms with Gasteiger partial charge >= 0.3 is 0 Å². The zero-order chi connectivity index (χ0) is 11.0. The van der Waals surface area contributed by atoms with E-state index in [-0.39, 0.29) is 0 Å². The van der Waals surface area contributed by atoms with Crippen molar-refractivity contribution in [3.8, 4) is 0 Å². The molecule has 1 atom stereocenters. The number of rotatable bonds is 2. The molecule has 0 bridgehead atoms. The van der Waals surface area contributed by atoms with E-state index in [9.17, 15) is 0 Å². The quantitative estimate of drug-likeness (QED) is 0.826. The van der Waals surface area contributed by atoms with Crippen LogP contribution in [0.25, 0.3) is 0 Å². The van der Waals surface area contributed by atoms with E-state index in [4.69, 9.17) is 0 Å². The Labute approximate surface area is 96.7 Å². The number of aromatic nitrogens is 2. The standard InChI is InChI=1S/C13H19N3/c1-9-14-8-11-12(15-9)6-3-7-13(11)16-10-4-2-5-10/h8,10,13,16H,2-7H2,1H3. The number of nitrogens with one attached hydrogen (secondary N) is 1. The maximum Gasteiger partial charge on any atom is 0.125 e. The lowest BCUT2D eigenvalue weighted by molar-refractivity contribution is 0.289. The molecular formula is C13H19N3. The van der Waals surface area contributed by atoms with Crippen molar-refractivity contribution < 1.29 is 0 Å². The molecule has 86 valence electrons. The van der Waals surface area contributed by atoms with Gasteiger partial charge in [0.2, 0.25) is 0 Å². The van der Waals surface area contributed by atoms with Crippen molar-refractivity contribution in [2.45, 2.75) is 57.5 Å². The summed E-state index contributed by atoms with van der Waals surface area (Å²) >= 11 is 0. The predicted molar refractivity (Wildman–Crippen MR) is 63.2 cm³/mol. The fourth-order valence-electron chi connectivity index (χ4n) is 2.68. The first-order chi connectivity index (χ1) is 7.83. The van der Waals surface area contributed by atoms with Crippen LogP contribution in [0, 0.1) is 6.92 Å². The van der Waals surface area contributed by atoms with Crippen molar-refractivity contribution in [2.75, 3.05) is 0 Å². The summed E-state index contributed by atoms with van der Waals surface area (Å²) in [5.74, 6) is 0.906. The van der Waals surface area contributed by atoms with Crippen LogP contribution in [0.15, 0.2) is 6.20 Å². The lowest BCUT2D eigenvalue weighted by atomic mass is 9.87. The molecule has 1 fully saturated rings. The summed E-state index contributed by atoms with van der Waals surface area (Å²) in [6.45, 7) is 1.98. The van der Waals surface area contributed by atoms with Crippen LogP contribution in [0.1, 0.15) is 55.2 Å². The molecule has 2 aliphatic carbocycles. The maximum absolute atomic E-state index is 4.56. The molecule has 0 radical (unpaired) electrons. The minimum absolute atomic E-state index is 0.509. The van der Waals surface area contributed by atoms with Gasteiger partial charge in [-0.2, -0.15) is 0 Å². The van der Waals surface area contributed by atoms with Gasteiger partial charge in [-0.3, -0.25) is 0 Å². The molecule has 3 heteroatoms. The lowest BCUT2D eigenvalue weighted by Crippen LogP contribution is -2.39. The van der Waals surface area contributed by atoms with Gasteiger partial charge in [-0.1, -0.05) is 6.42 Å². The largest absolute Gasteiger partial charge is 0.307 e. The SMILES string of the molecule is Cc1ncc2c(n1)CCCC2NC1CCC1. The van der Waals surface area contributed by atoms with Crippen LogP contribution in [0.3, 0.4) is 0 Å². The Hall–Kier alpha value is -0.960. The molecule has 0 spiro atoms. The smallest absolute Gasteiger partial charge is 0.125 e. The number of hydrogen-bond acceptors (Lipinski definition) is 3. The second kappa shape index (κ2) is 4.13. The highest BCUT2D eigenvalue weighted by Crippen LogP contribution is 2.31. The van der Waals surface area contributed by atoms with Gasteiger partial charge < -0.3 is 5.32 Å². The van der Waals surface area contributed by atoms with Crippen LogP contribution in [0.4, 0.5) is 0 Å². The summed E-state index contributed by atoms with van der Waals surface area (Å²) in [7, 11) is 0. The Morgan fingerprint density at radius 1 is 1.25 bits per heavy atom. The van der Waals surface area contributed by atoms with E-state index in [0.717, 1.165) is 18.3 Å². The third-order valence-electron chi connectivity index (χ3n) is 3.84. The minimum Gasteiger partial charge on any atom is -0.307 e. The van der Waals surface area contributed by atoms with Crippen molar-refractivity contribution in [1.82, 2.24) is 15.3 Å². The van der Waals surface area contributed by atoms with Gasteiger partial charge in [0.05, 0.1) is 0 Å². The third-order valence-corrected chi connectivity index (χ3v) is 3.84. The van der Waals surface area contributed by atoms with Crippen LogP contribution < -0.4 is 5.32 Å². The molecule has 1 heterocycles. The predicted octanol–water partition coefficient (Wildman–Crippen LogP) is 2.30. The molecule has 0 saturated heterocycles. The summed E-state index contributed by atoms with van der Waals surface area (Å²) in [5, 5.41) is 3.75. The molecule has 1 saturated carbocycles. The van der Waals surface area contributed by atoms with Crippen molar-refractivity contribution in [3.05, 3.63) is 23.3 Å². The Morgan fingerprint density at radius 2 is 2.12 bits per heavy atom. The van der Waals surface area contributed by atoms with E-state index in [1.807, 2.05) is 13.1 Å². The summed E-state index contributed by atoms with van der Waals surface area (Å²) in [6, 6.07) is 1.26. The van der Waals surface area contributed by atoms with Gasteiger partial charge in [0.25, 0.3) is 0 Å².